The van der Waals surface area contributed by atoms with E-state index in [0.717, 1.165) is 26.2 Å². The van der Waals surface area contributed by atoms with E-state index in [4.69, 9.17) is 10.7 Å². The number of fused-ring (bicyclic) bond motifs is 1. The highest BCUT2D eigenvalue weighted by Crippen LogP contribution is 2.40. The van der Waals surface area contributed by atoms with Gasteiger partial charge in [0.15, 0.2) is 5.82 Å². The lowest BCUT2D eigenvalue weighted by atomic mass is 10.1. The number of piperazine rings is 1. The van der Waals surface area contributed by atoms with Crippen molar-refractivity contribution in [3.8, 4) is 0 Å². The Morgan fingerprint density at radius 3 is 2.39 bits per heavy atom. The minimum absolute atomic E-state index is 0.283. The number of benzene rings is 2. The number of thioether (sulfide) groups is 1. The first kappa shape index (κ1) is 19.0. The van der Waals surface area contributed by atoms with Gasteiger partial charge in [0.2, 0.25) is 11.9 Å². The number of hydrogen-bond acceptors (Lipinski definition) is 7. The summed E-state index contributed by atoms with van der Waals surface area (Å²) in [7, 11) is 2.13. The maximum Gasteiger partial charge on any atom is 0.230 e. The number of nitrogens with zero attached hydrogens (tertiary/aromatic N) is 5. The fourth-order valence-electron chi connectivity index (χ4n) is 3.37. The number of nitrogen functional groups attached to an aromatic ring is 1. The van der Waals surface area contributed by atoms with Gasteiger partial charge in [0.25, 0.3) is 0 Å². The van der Waals surface area contributed by atoms with Crippen LogP contribution in [0.2, 0.25) is 0 Å². The van der Waals surface area contributed by atoms with E-state index < -0.39 is 0 Å². The van der Waals surface area contributed by atoms with Crippen molar-refractivity contribution in [3.05, 3.63) is 48.3 Å². The zero-order valence-corrected chi connectivity index (χ0v) is 17.4. The van der Waals surface area contributed by atoms with Gasteiger partial charge in [-0.05, 0) is 43.8 Å². The molecule has 1 fully saturated rings. The number of anilines is 2. The molecular formula is C21H26N6S. The Kier molecular flexibility index (Phi) is 5.12. The van der Waals surface area contributed by atoms with E-state index >= 15 is 0 Å². The number of nitrogens with two attached hydrogens (primary N) is 1. The van der Waals surface area contributed by atoms with Crippen LogP contribution in [0.4, 0.5) is 11.9 Å². The normalized spacial score (nSPS) is 15.9. The largest absolute Gasteiger partial charge is 0.368 e. The summed E-state index contributed by atoms with van der Waals surface area (Å²) >= 11 is 1.74. The van der Waals surface area contributed by atoms with Gasteiger partial charge in [-0.3, -0.25) is 0 Å². The van der Waals surface area contributed by atoms with Crippen LogP contribution in [-0.4, -0.2) is 53.1 Å². The zero-order chi connectivity index (χ0) is 19.7. The summed E-state index contributed by atoms with van der Waals surface area (Å²) < 4.78 is -0.332. The fraction of sp³-hybridized carbons (Fsp3) is 0.381. The van der Waals surface area contributed by atoms with Crippen molar-refractivity contribution in [3.63, 3.8) is 0 Å². The minimum atomic E-state index is -0.332. The van der Waals surface area contributed by atoms with Crippen LogP contribution in [0.15, 0.2) is 47.4 Å². The molecule has 0 aliphatic carbocycles. The van der Waals surface area contributed by atoms with E-state index in [9.17, 15) is 0 Å². The lowest BCUT2D eigenvalue weighted by Gasteiger charge is -2.33. The smallest absolute Gasteiger partial charge is 0.230 e. The average molecular weight is 395 g/mol. The maximum absolute atomic E-state index is 6.05. The molecule has 146 valence electrons. The van der Waals surface area contributed by atoms with Crippen molar-refractivity contribution in [2.45, 2.75) is 23.5 Å². The predicted molar refractivity (Wildman–Crippen MR) is 117 cm³/mol. The Labute approximate surface area is 170 Å². The molecule has 1 aliphatic heterocycles. The first-order valence-corrected chi connectivity index (χ1v) is 10.4. The van der Waals surface area contributed by atoms with Gasteiger partial charge in [0.05, 0.1) is 4.75 Å². The number of rotatable bonds is 4. The molecule has 0 spiro atoms. The van der Waals surface area contributed by atoms with Gasteiger partial charge >= 0.3 is 0 Å². The van der Waals surface area contributed by atoms with Crippen LogP contribution in [0.5, 0.6) is 0 Å². The van der Waals surface area contributed by atoms with Crippen LogP contribution in [-0.2, 0) is 4.75 Å². The van der Waals surface area contributed by atoms with E-state index in [0.29, 0.717) is 11.8 Å². The molecule has 6 nitrogen and oxygen atoms in total. The van der Waals surface area contributed by atoms with Crippen molar-refractivity contribution in [1.29, 1.82) is 0 Å². The fourth-order valence-corrected chi connectivity index (χ4v) is 4.46. The molecule has 0 amide bonds. The quantitative estimate of drug-likeness (QED) is 0.680. The Morgan fingerprint density at radius 1 is 0.929 bits per heavy atom. The van der Waals surface area contributed by atoms with Crippen LogP contribution in [0.3, 0.4) is 0 Å². The molecular weight excluding hydrogens is 368 g/mol. The summed E-state index contributed by atoms with van der Waals surface area (Å²) in [5.74, 6) is 1.68. The Balaban J connectivity index is 1.60. The molecule has 0 saturated carbocycles. The van der Waals surface area contributed by atoms with E-state index in [1.807, 2.05) is 0 Å². The van der Waals surface area contributed by atoms with Crippen LogP contribution in [0, 0.1) is 0 Å². The van der Waals surface area contributed by atoms with Gasteiger partial charge in [-0.15, -0.1) is 11.8 Å². The molecule has 1 saturated heterocycles. The summed E-state index contributed by atoms with van der Waals surface area (Å²) in [5.41, 5.74) is 6.05. The van der Waals surface area contributed by atoms with Gasteiger partial charge in [0.1, 0.15) is 0 Å². The highest BCUT2D eigenvalue weighted by molar-refractivity contribution is 8.00. The lowest BCUT2D eigenvalue weighted by Crippen LogP contribution is -2.45. The third-order valence-electron chi connectivity index (χ3n) is 5.06. The molecule has 0 radical (unpaired) electrons. The van der Waals surface area contributed by atoms with Gasteiger partial charge in [0, 0.05) is 31.1 Å². The number of hydrogen-bond donors (Lipinski definition) is 1. The third kappa shape index (κ3) is 4.05. The first-order chi connectivity index (χ1) is 13.4. The minimum Gasteiger partial charge on any atom is -0.368 e. The topological polar surface area (TPSA) is 71.2 Å². The average Bonchev–Trinajstić information content (AvgIpc) is 2.68. The maximum atomic E-state index is 6.05. The molecule has 7 heteroatoms. The molecule has 0 unspecified atom stereocenters. The summed E-state index contributed by atoms with van der Waals surface area (Å²) in [5, 5.41) is 2.48. The van der Waals surface area contributed by atoms with E-state index in [2.05, 4.69) is 83.1 Å². The molecule has 4 rings (SSSR count). The second-order valence-electron chi connectivity index (χ2n) is 7.73. The highest BCUT2D eigenvalue weighted by atomic mass is 32.2. The second kappa shape index (κ2) is 7.56. The number of aromatic nitrogens is 3. The summed E-state index contributed by atoms with van der Waals surface area (Å²) in [6.45, 7) is 8.06. The number of likely N-dealkylation sites (N-methyl/N-ethyl adjacent to an activating group) is 1. The summed E-state index contributed by atoms with van der Waals surface area (Å²) in [6, 6.07) is 14.9. The molecule has 2 aromatic carbocycles. The van der Waals surface area contributed by atoms with Crippen molar-refractivity contribution in [2.24, 2.45) is 0 Å². The van der Waals surface area contributed by atoms with Crippen LogP contribution >= 0.6 is 11.8 Å². The van der Waals surface area contributed by atoms with E-state index in [1.54, 1.807) is 11.8 Å². The molecule has 0 bridgehead atoms. The first-order valence-electron chi connectivity index (χ1n) is 9.54. The third-order valence-corrected chi connectivity index (χ3v) is 6.24. The second-order valence-corrected chi connectivity index (χ2v) is 9.43. The summed E-state index contributed by atoms with van der Waals surface area (Å²) in [4.78, 5) is 19.3. The Hall–Kier alpha value is -2.38. The monoisotopic (exact) mass is 394 g/mol. The molecule has 1 aliphatic rings. The SMILES string of the molecule is CN1CCN(c2nc(N)nc(C(C)(C)Sc3ccc4ccccc4c3)n2)CC1. The molecule has 3 aromatic rings. The van der Waals surface area contributed by atoms with Crippen LogP contribution in [0.1, 0.15) is 19.7 Å². The van der Waals surface area contributed by atoms with Crippen molar-refractivity contribution in [1.82, 2.24) is 19.9 Å². The van der Waals surface area contributed by atoms with E-state index in [-0.39, 0.29) is 10.7 Å². The van der Waals surface area contributed by atoms with Crippen LogP contribution in [0.25, 0.3) is 10.8 Å². The molecule has 0 atom stereocenters. The zero-order valence-electron chi connectivity index (χ0n) is 16.6. The lowest BCUT2D eigenvalue weighted by molar-refractivity contribution is 0.311. The Bertz CT molecular complexity index is 982. The van der Waals surface area contributed by atoms with Gasteiger partial charge in [-0.25, -0.2) is 0 Å². The van der Waals surface area contributed by atoms with Gasteiger partial charge < -0.3 is 15.5 Å². The highest BCUT2D eigenvalue weighted by Gasteiger charge is 2.28. The molecule has 2 N–H and O–H groups in total. The summed E-state index contributed by atoms with van der Waals surface area (Å²) in [6.07, 6.45) is 0. The van der Waals surface area contributed by atoms with Crippen LogP contribution < -0.4 is 10.6 Å². The van der Waals surface area contributed by atoms with E-state index in [1.165, 1.54) is 15.7 Å². The molecule has 2 heterocycles. The Morgan fingerprint density at radius 2 is 1.64 bits per heavy atom. The predicted octanol–water partition coefficient (Wildman–Crippen LogP) is 3.39. The van der Waals surface area contributed by atoms with Crippen molar-refractivity contribution >= 4 is 34.4 Å². The molecule has 1 aromatic heterocycles. The van der Waals surface area contributed by atoms with Gasteiger partial charge in [-0.2, -0.15) is 15.0 Å². The molecule has 28 heavy (non-hydrogen) atoms. The van der Waals surface area contributed by atoms with Crippen molar-refractivity contribution < 1.29 is 0 Å². The standard InChI is InChI=1S/C21H26N6S/c1-21(2,28-17-9-8-15-6-4-5-7-16(15)14-17)18-23-19(22)25-20(24-18)27-12-10-26(3)11-13-27/h4-9,14H,10-13H2,1-3H3,(H2,22,23,24,25). The van der Waals surface area contributed by atoms with Crippen molar-refractivity contribution in [2.75, 3.05) is 43.9 Å². The van der Waals surface area contributed by atoms with Gasteiger partial charge in [-0.1, -0.05) is 30.3 Å².